The van der Waals surface area contributed by atoms with E-state index in [0.717, 1.165) is 0 Å². The number of hydrogen-bond donors (Lipinski definition) is 1. The fraction of sp³-hybridized carbons (Fsp3) is 0.500. The Morgan fingerprint density at radius 1 is 1.36 bits per heavy atom. The van der Waals surface area contributed by atoms with Gasteiger partial charge in [-0.1, -0.05) is 24.1 Å². The minimum absolute atomic E-state index is 0.403. The van der Waals surface area contributed by atoms with Crippen molar-refractivity contribution in [2.24, 2.45) is 5.73 Å². The Kier molecular flexibility index (Phi) is 3.14. The molecule has 2 atom stereocenters. The van der Waals surface area contributed by atoms with Gasteiger partial charge in [-0.25, -0.2) is 0 Å². The summed E-state index contributed by atoms with van der Waals surface area (Å²) in [6, 6.07) is 9.09. The van der Waals surface area contributed by atoms with Crippen molar-refractivity contribution in [3.63, 3.8) is 0 Å². The number of hydrogen-bond acceptors (Lipinski definition) is 2. The van der Waals surface area contributed by atoms with Gasteiger partial charge in [0, 0.05) is 16.2 Å². The quantitative estimate of drug-likeness (QED) is 0.807. The standard InChI is InChI=1S/C12H17NS/c1-9-4-2-5-10(8-9)14-12-7-3-6-11(12)13/h2,4-5,8,11-12H,3,6-7,13H2,1H3. The lowest BCUT2D eigenvalue weighted by Gasteiger charge is -2.14. The molecule has 0 heterocycles. The van der Waals surface area contributed by atoms with Crippen LogP contribution in [0, 0.1) is 6.92 Å². The van der Waals surface area contributed by atoms with Crippen molar-refractivity contribution in [2.75, 3.05) is 0 Å². The molecule has 1 aromatic carbocycles. The van der Waals surface area contributed by atoms with Crippen LogP contribution in [0.3, 0.4) is 0 Å². The summed E-state index contributed by atoms with van der Waals surface area (Å²) in [5.74, 6) is 0. The van der Waals surface area contributed by atoms with Crippen molar-refractivity contribution >= 4 is 11.8 Å². The molecule has 1 fully saturated rings. The van der Waals surface area contributed by atoms with Crippen LogP contribution in [0.4, 0.5) is 0 Å². The van der Waals surface area contributed by atoms with E-state index >= 15 is 0 Å². The Balaban J connectivity index is 2.03. The molecule has 2 N–H and O–H groups in total. The fourth-order valence-corrected chi connectivity index (χ4v) is 3.32. The topological polar surface area (TPSA) is 26.0 Å². The molecule has 2 heteroatoms. The SMILES string of the molecule is Cc1cccc(SC2CCCC2N)c1. The summed E-state index contributed by atoms with van der Waals surface area (Å²) in [6.45, 7) is 2.14. The molecule has 0 spiro atoms. The first-order valence-corrected chi connectivity index (χ1v) is 6.12. The minimum atomic E-state index is 0.403. The van der Waals surface area contributed by atoms with Crippen LogP contribution in [0.25, 0.3) is 0 Å². The van der Waals surface area contributed by atoms with Crippen molar-refractivity contribution in [1.29, 1.82) is 0 Å². The zero-order valence-electron chi connectivity index (χ0n) is 8.57. The second-order valence-corrected chi connectivity index (χ2v) is 5.38. The minimum Gasteiger partial charge on any atom is -0.327 e. The Morgan fingerprint density at radius 2 is 2.21 bits per heavy atom. The second kappa shape index (κ2) is 4.37. The zero-order valence-corrected chi connectivity index (χ0v) is 9.39. The highest BCUT2D eigenvalue weighted by Crippen LogP contribution is 2.34. The maximum atomic E-state index is 6.04. The summed E-state index contributed by atoms with van der Waals surface area (Å²) < 4.78 is 0. The van der Waals surface area contributed by atoms with Gasteiger partial charge in [-0.05, 0) is 31.9 Å². The van der Waals surface area contributed by atoms with E-state index < -0.39 is 0 Å². The molecule has 14 heavy (non-hydrogen) atoms. The summed E-state index contributed by atoms with van der Waals surface area (Å²) in [5.41, 5.74) is 7.38. The van der Waals surface area contributed by atoms with E-state index in [2.05, 4.69) is 31.2 Å². The zero-order chi connectivity index (χ0) is 9.97. The molecule has 1 saturated carbocycles. The molecule has 1 nitrogen and oxygen atoms in total. The maximum Gasteiger partial charge on any atom is 0.0246 e. The highest BCUT2D eigenvalue weighted by molar-refractivity contribution is 8.00. The van der Waals surface area contributed by atoms with Crippen LogP contribution in [0.15, 0.2) is 29.2 Å². The summed E-state index contributed by atoms with van der Waals surface area (Å²) in [6.07, 6.45) is 3.77. The van der Waals surface area contributed by atoms with Gasteiger partial charge in [0.25, 0.3) is 0 Å². The number of aryl methyl sites for hydroxylation is 1. The predicted octanol–water partition coefficient (Wildman–Crippen LogP) is 2.97. The molecule has 0 amide bonds. The van der Waals surface area contributed by atoms with Crippen LogP contribution in [0.5, 0.6) is 0 Å². The van der Waals surface area contributed by atoms with Gasteiger partial charge in [0.2, 0.25) is 0 Å². The summed E-state index contributed by atoms with van der Waals surface area (Å²) in [4.78, 5) is 1.37. The van der Waals surface area contributed by atoms with Gasteiger partial charge in [0.05, 0.1) is 0 Å². The molecule has 1 aliphatic carbocycles. The van der Waals surface area contributed by atoms with E-state index in [0.29, 0.717) is 11.3 Å². The molecule has 1 aliphatic rings. The van der Waals surface area contributed by atoms with Crippen molar-refractivity contribution in [3.8, 4) is 0 Å². The molecular weight excluding hydrogens is 190 g/mol. The first-order valence-electron chi connectivity index (χ1n) is 5.24. The van der Waals surface area contributed by atoms with Gasteiger partial charge < -0.3 is 5.73 Å². The average molecular weight is 207 g/mol. The van der Waals surface area contributed by atoms with Crippen molar-refractivity contribution in [2.45, 2.75) is 42.4 Å². The lowest BCUT2D eigenvalue weighted by Crippen LogP contribution is -2.26. The van der Waals surface area contributed by atoms with Gasteiger partial charge in [-0.2, -0.15) is 0 Å². The van der Waals surface area contributed by atoms with Crippen LogP contribution < -0.4 is 5.73 Å². The first-order chi connectivity index (χ1) is 6.75. The molecule has 0 aliphatic heterocycles. The fourth-order valence-electron chi connectivity index (χ4n) is 1.96. The average Bonchev–Trinajstić information content (AvgIpc) is 2.52. The van der Waals surface area contributed by atoms with E-state index in [1.54, 1.807) is 0 Å². The van der Waals surface area contributed by atoms with Crippen LogP contribution in [0.2, 0.25) is 0 Å². The van der Waals surface area contributed by atoms with Crippen LogP contribution in [-0.2, 0) is 0 Å². The molecule has 76 valence electrons. The molecule has 2 rings (SSSR count). The summed E-state index contributed by atoms with van der Waals surface area (Å²) in [7, 11) is 0. The van der Waals surface area contributed by atoms with Gasteiger partial charge in [-0.15, -0.1) is 11.8 Å². The Bertz CT molecular complexity index is 311. The molecular formula is C12H17NS. The molecule has 0 bridgehead atoms. The van der Waals surface area contributed by atoms with E-state index in [1.807, 2.05) is 11.8 Å². The van der Waals surface area contributed by atoms with E-state index in [-0.39, 0.29) is 0 Å². The highest BCUT2D eigenvalue weighted by Gasteiger charge is 2.24. The van der Waals surface area contributed by atoms with Crippen molar-refractivity contribution < 1.29 is 0 Å². The lowest BCUT2D eigenvalue weighted by atomic mass is 10.2. The lowest BCUT2D eigenvalue weighted by molar-refractivity contribution is 0.716. The third-order valence-corrected chi connectivity index (χ3v) is 4.19. The molecule has 0 radical (unpaired) electrons. The van der Waals surface area contributed by atoms with Gasteiger partial charge in [0.15, 0.2) is 0 Å². The smallest absolute Gasteiger partial charge is 0.0246 e. The normalized spacial score (nSPS) is 26.7. The predicted molar refractivity (Wildman–Crippen MR) is 62.7 cm³/mol. The van der Waals surface area contributed by atoms with Crippen LogP contribution in [-0.4, -0.2) is 11.3 Å². The van der Waals surface area contributed by atoms with Crippen molar-refractivity contribution in [3.05, 3.63) is 29.8 Å². The number of rotatable bonds is 2. The monoisotopic (exact) mass is 207 g/mol. The Labute approximate surface area is 90.1 Å². The van der Waals surface area contributed by atoms with E-state index in [4.69, 9.17) is 5.73 Å². The molecule has 0 saturated heterocycles. The highest BCUT2D eigenvalue weighted by atomic mass is 32.2. The number of nitrogens with two attached hydrogens (primary N) is 1. The summed E-state index contributed by atoms with van der Waals surface area (Å²) in [5, 5.41) is 0.636. The first kappa shape index (κ1) is 10.1. The van der Waals surface area contributed by atoms with Gasteiger partial charge in [0.1, 0.15) is 0 Å². The van der Waals surface area contributed by atoms with E-state index in [9.17, 15) is 0 Å². The maximum absolute atomic E-state index is 6.04. The third-order valence-electron chi connectivity index (χ3n) is 2.78. The second-order valence-electron chi connectivity index (χ2n) is 4.07. The Morgan fingerprint density at radius 3 is 2.86 bits per heavy atom. The van der Waals surface area contributed by atoms with Crippen LogP contribution in [0.1, 0.15) is 24.8 Å². The largest absolute Gasteiger partial charge is 0.327 e. The Hall–Kier alpha value is -0.470. The van der Waals surface area contributed by atoms with E-state index in [1.165, 1.54) is 29.7 Å². The number of thioether (sulfide) groups is 1. The summed E-state index contributed by atoms with van der Waals surface area (Å²) >= 11 is 1.95. The van der Waals surface area contributed by atoms with Gasteiger partial charge >= 0.3 is 0 Å². The molecule has 1 aromatic rings. The van der Waals surface area contributed by atoms with Gasteiger partial charge in [-0.3, -0.25) is 0 Å². The van der Waals surface area contributed by atoms with Crippen LogP contribution >= 0.6 is 11.8 Å². The molecule has 2 unspecified atom stereocenters. The number of benzene rings is 1. The third kappa shape index (κ3) is 2.31. The van der Waals surface area contributed by atoms with Crippen molar-refractivity contribution in [1.82, 2.24) is 0 Å². The molecule has 0 aromatic heterocycles.